The predicted octanol–water partition coefficient (Wildman–Crippen LogP) is 2.57. The lowest BCUT2D eigenvalue weighted by atomic mass is 10.1. The summed E-state index contributed by atoms with van der Waals surface area (Å²) in [6.07, 6.45) is 1.55. The van der Waals surface area contributed by atoms with Gasteiger partial charge in [-0.15, -0.1) is 0 Å². The summed E-state index contributed by atoms with van der Waals surface area (Å²) in [5.41, 5.74) is 2.43. The van der Waals surface area contributed by atoms with E-state index in [1.165, 1.54) is 9.87 Å². The number of benzene rings is 2. The first-order chi connectivity index (χ1) is 14.0. The molecule has 0 atom stereocenters. The van der Waals surface area contributed by atoms with Crippen LogP contribution in [0.15, 0.2) is 54.6 Å². The van der Waals surface area contributed by atoms with E-state index < -0.39 is 10.0 Å². The van der Waals surface area contributed by atoms with Gasteiger partial charge in [-0.1, -0.05) is 36.4 Å². The number of carbonyl (C=O) groups excluding carboxylic acids is 1. The van der Waals surface area contributed by atoms with Crippen molar-refractivity contribution in [1.82, 2.24) is 9.80 Å². The topological polar surface area (TPSA) is 60.9 Å². The van der Waals surface area contributed by atoms with Gasteiger partial charge < -0.3 is 4.90 Å². The molecule has 0 unspecified atom stereocenters. The smallest absolute Gasteiger partial charge is 0.254 e. The van der Waals surface area contributed by atoms with E-state index in [-0.39, 0.29) is 11.7 Å². The van der Waals surface area contributed by atoms with Crippen molar-refractivity contribution in [3.63, 3.8) is 0 Å². The maximum absolute atomic E-state index is 13.0. The standard InChI is InChI=1S/C22H27N3O3S/c26-22(24-14-12-23(13-15-24)18-19-7-2-1-3-8-19)20-9-6-10-21(17-20)25-11-4-5-16-29(25,27)28/h1-3,6-10,17H,4-5,11-16,18H2. The minimum Gasteiger partial charge on any atom is -0.336 e. The highest BCUT2D eigenvalue weighted by Gasteiger charge is 2.27. The molecule has 2 aliphatic rings. The Morgan fingerprint density at radius 3 is 2.34 bits per heavy atom. The summed E-state index contributed by atoms with van der Waals surface area (Å²) in [6.45, 7) is 4.40. The third-order valence-electron chi connectivity index (χ3n) is 5.64. The molecule has 4 rings (SSSR count). The fourth-order valence-electron chi connectivity index (χ4n) is 4.01. The Balaban J connectivity index is 1.40. The predicted molar refractivity (Wildman–Crippen MR) is 114 cm³/mol. The normalized spacial score (nSPS) is 19.9. The Kier molecular flexibility index (Phi) is 5.87. The molecule has 2 aromatic rings. The van der Waals surface area contributed by atoms with Crippen molar-refractivity contribution >= 4 is 21.6 Å². The Bertz CT molecular complexity index is 954. The number of amides is 1. The van der Waals surface area contributed by atoms with Gasteiger partial charge in [0.15, 0.2) is 0 Å². The number of carbonyl (C=O) groups is 1. The summed E-state index contributed by atoms with van der Waals surface area (Å²) in [7, 11) is -3.28. The maximum Gasteiger partial charge on any atom is 0.254 e. The van der Waals surface area contributed by atoms with Crippen LogP contribution >= 0.6 is 0 Å². The second-order valence-electron chi connectivity index (χ2n) is 7.70. The van der Waals surface area contributed by atoms with Crippen LogP contribution in [-0.4, -0.2) is 62.6 Å². The molecule has 2 aliphatic heterocycles. The molecular weight excluding hydrogens is 386 g/mol. The molecule has 29 heavy (non-hydrogen) atoms. The van der Waals surface area contributed by atoms with E-state index in [1.54, 1.807) is 24.3 Å². The Hall–Kier alpha value is -2.38. The highest BCUT2D eigenvalue weighted by molar-refractivity contribution is 7.92. The van der Waals surface area contributed by atoms with Crippen LogP contribution in [-0.2, 0) is 16.6 Å². The van der Waals surface area contributed by atoms with E-state index in [4.69, 9.17) is 0 Å². The number of hydrogen-bond donors (Lipinski definition) is 0. The van der Waals surface area contributed by atoms with Crippen molar-refractivity contribution in [3.8, 4) is 0 Å². The zero-order valence-corrected chi connectivity index (χ0v) is 17.4. The van der Waals surface area contributed by atoms with Gasteiger partial charge in [0.2, 0.25) is 10.0 Å². The molecule has 2 saturated heterocycles. The lowest BCUT2D eigenvalue weighted by molar-refractivity contribution is 0.0628. The largest absolute Gasteiger partial charge is 0.336 e. The number of rotatable bonds is 4. The van der Waals surface area contributed by atoms with E-state index in [1.807, 2.05) is 23.1 Å². The Labute approximate surface area is 172 Å². The van der Waals surface area contributed by atoms with Crippen molar-refractivity contribution < 1.29 is 13.2 Å². The van der Waals surface area contributed by atoms with Crippen LogP contribution in [0.2, 0.25) is 0 Å². The third kappa shape index (κ3) is 4.62. The minimum absolute atomic E-state index is 0.0272. The number of piperazine rings is 1. The molecule has 0 aromatic heterocycles. The van der Waals surface area contributed by atoms with E-state index in [9.17, 15) is 13.2 Å². The Morgan fingerprint density at radius 2 is 1.62 bits per heavy atom. The fraction of sp³-hybridized carbons (Fsp3) is 0.409. The number of hydrogen-bond acceptors (Lipinski definition) is 4. The van der Waals surface area contributed by atoms with Crippen LogP contribution in [0, 0.1) is 0 Å². The summed E-state index contributed by atoms with van der Waals surface area (Å²) in [6, 6.07) is 17.4. The van der Waals surface area contributed by atoms with Gasteiger partial charge in [0.25, 0.3) is 5.91 Å². The van der Waals surface area contributed by atoms with Gasteiger partial charge in [-0.3, -0.25) is 14.0 Å². The van der Waals surface area contributed by atoms with Crippen LogP contribution in [0.3, 0.4) is 0 Å². The number of anilines is 1. The molecule has 0 aliphatic carbocycles. The molecule has 0 radical (unpaired) electrons. The first-order valence-electron chi connectivity index (χ1n) is 10.2. The summed E-state index contributed by atoms with van der Waals surface area (Å²) in [5.74, 6) is 0.148. The van der Waals surface area contributed by atoms with Crippen molar-refractivity contribution in [2.75, 3.05) is 42.8 Å². The van der Waals surface area contributed by atoms with Gasteiger partial charge in [-0.2, -0.15) is 0 Å². The van der Waals surface area contributed by atoms with Crippen molar-refractivity contribution in [2.24, 2.45) is 0 Å². The quantitative estimate of drug-likeness (QED) is 0.773. The molecule has 2 fully saturated rings. The molecule has 1 amide bonds. The monoisotopic (exact) mass is 413 g/mol. The highest BCUT2D eigenvalue weighted by Crippen LogP contribution is 2.25. The number of nitrogens with zero attached hydrogens (tertiary/aromatic N) is 3. The average Bonchev–Trinajstić information content (AvgIpc) is 2.74. The molecular formula is C22H27N3O3S. The van der Waals surface area contributed by atoms with Crippen molar-refractivity contribution in [2.45, 2.75) is 19.4 Å². The van der Waals surface area contributed by atoms with E-state index in [0.29, 0.717) is 37.3 Å². The van der Waals surface area contributed by atoms with Gasteiger partial charge in [0, 0.05) is 44.8 Å². The lowest BCUT2D eigenvalue weighted by Crippen LogP contribution is -2.48. The SMILES string of the molecule is O=C(c1cccc(N2CCCCS2(=O)=O)c1)N1CCN(Cc2ccccc2)CC1. The summed E-state index contributed by atoms with van der Waals surface area (Å²) in [4.78, 5) is 17.2. The highest BCUT2D eigenvalue weighted by atomic mass is 32.2. The van der Waals surface area contributed by atoms with Crippen molar-refractivity contribution in [1.29, 1.82) is 0 Å². The molecule has 0 bridgehead atoms. The van der Waals surface area contributed by atoms with Crippen LogP contribution in [0.25, 0.3) is 0 Å². The second kappa shape index (κ2) is 8.55. The van der Waals surface area contributed by atoms with Gasteiger partial charge in [0.05, 0.1) is 11.4 Å². The Morgan fingerprint density at radius 1 is 0.862 bits per heavy atom. The van der Waals surface area contributed by atoms with E-state index in [2.05, 4.69) is 17.0 Å². The summed E-state index contributed by atoms with van der Waals surface area (Å²) >= 11 is 0. The number of sulfonamides is 1. The third-order valence-corrected chi connectivity index (χ3v) is 7.51. The molecule has 0 spiro atoms. The van der Waals surface area contributed by atoms with Gasteiger partial charge in [-0.25, -0.2) is 8.42 Å². The van der Waals surface area contributed by atoms with Gasteiger partial charge in [-0.05, 0) is 36.6 Å². The van der Waals surface area contributed by atoms with E-state index in [0.717, 1.165) is 26.1 Å². The lowest BCUT2D eigenvalue weighted by Gasteiger charge is -2.35. The molecule has 2 heterocycles. The summed E-state index contributed by atoms with van der Waals surface area (Å²) in [5, 5.41) is 0. The molecule has 154 valence electrons. The molecule has 6 nitrogen and oxygen atoms in total. The second-order valence-corrected chi connectivity index (χ2v) is 9.71. The maximum atomic E-state index is 13.0. The summed E-state index contributed by atoms with van der Waals surface area (Å²) < 4.78 is 26.2. The zero-order chi connectivity index (χ0) is 20.3. The molecule has 0 saturated carbocycles. The van der Waals surface area contributed by atoms with E-state index >= 15 is 0 Å². The van der Waals surface area contributed by atoms with Crippen LogP contribution < -0.4 is 4.31 Å². The minimum atomic E-state index is -3.28. The van der Waals surface area contributed by atoms with Crippen LogP contribution in [0.4, 0.5) is 5.69 Å². The first-order valence-corrected chi connectivity index (χ1v) is 11.8. The molecule has 2 aromatic carbocycles. The molecule has 7 heteroatoms. The van der Waals surface area contributed by atoms with Gasteiger partial charge in [0.1, 0.15) is 0 Å². The first kappa shape index (κ1) is 19.9. The van der Waals surface area contributed by atoms with Crippen molar-refractivity contribution in [3.05, 3.63) is 65.7 Å². The van der Waals surface area contributed by atoms with Gasteiger partial charge >= 0.3 is 0 Å². The average molecular weight is 414 g/mol. The zero-order valence-electron chi connectivity index (χ0n) is 16.5. The molecule has 0 N–H and O–H groups in total. The fourth-order valence-corrected chi connectivity index (χ4v) is 5.64. The van der Waals surface area contributed by atoms with Crippen LogP contribution in [0.5, 0.6) is 0 Å². The van der Waals surface area contributed by atoms with Crippen LogP contribution in [0.1, 0.15) is 28.8 Å².